The smallest absolute Gasteiger partial charge is 0.340 e. The number of amides is 1. The second-order valence-electron chi connectivity index (χ2n) is 4.90. The lowest BCUT2D eigenvalue weighted by atomic mass is 9.78. The van der Waals surface area contributed by atoms with Crippen molar-refractivity contribution in [2.45, 2.75) is 33.6 Å². The number of hydrogen-bond donors (Lipinski definition) is 2. The van der Waals surface area contributed by atoms with Gasteiger partial charge in [0.1, 0.15) is 16.7 Å². The fourth-order valence-electron chi connectivity index (χ4n) is 1.68. The summed E-state index contributed by atoms with van der Waals surface area (Å²) in [6.07, 6.45) is 2.02. The number of carboxylic acids is 1. The Morgan fingerprint density at radius 1 is 1.53 bits per heavy atom. The zero-order chi connectivity index (χ0) is 13.2. The lowest BCUT2D eigenvalue weighted by Gasteiger charge is -2.29. The summed E-state index contributed by atoms with van der Waals surface area (Å²) in [7, 11) is 0. The van der Waals surface area contributed by atoms with Crippen LogP contribution in [0.15, 0.2) is 16.3 Å². The summed E-state index contributed by atoms with van der Waals surface area (Å²) in [5, 5.41) is 18.8. The van der Waals surface area contributed by atoms with Crippen LogP contribution >= 0.6 is 0 Å². The van der Waals surface area contributed by atoms with Crippen LogP contribution in [-0.2, 0) is 9.59 Å². The minimum atomic E-state index is -1.27. The van der Waals surface area contributed by atoms with Crippen LogP contribution < -0.4 is 0 Å². The average molecular weight is 239 g/mol. The minimum Gasteiger partial charge on any atom is -0.510 e. The lowest BCUT2D eigenvalue weighted by Crippen LogP contribution is -2.34. The number of aliphatic hydroxyl groups excluding tert-OH is 1. The first-order chi connectivity index (χ1) is 7.79. The molecule has 1 atom stereocenters. The van der Waals surface area contributed by atoms with Crippen molar-refractivity contribution in [2.75, 3.05) is 0 Å². The van der Waals surface area contributed by atoms with Crippen LogP contribution in [0.1, 0.15) is 33.6 Å². The van der Waals surface area contributed by atoms with Crippen LogP contribution in [0.4, 0.5) is 0 Å². The number of aliphatic carboxylic acids is 1. The Balaban J connectivity index is 3.07. The summed E-state index contributed by atoms with van der Waals surface area (Å²) in [6.45, 7) is 5.53. The summed E-state index contributed by atoms with van der Waals surface area (Å²) in [4.78, 5) is 26.2. The van der Waals surface area contributed by atoms with Crippen LogP contribution in [0.25, 0.3) is 0 Å². The molecule has 0 spiro atoms. The predicted octanol–water partition coefficient (Wildman–Crippen LogP) is 1.94. The average Bonchev–Trinajstić information content (AvgIpc) is 2.23. The number of carboxylic acid groups (broad SMARTS) is 1. The van der Waals surface area contributed by atoms with Gasteiger partial charge in [0, 0.05) is 6.21 Å². The Labute approximate surface area is 99.9 Å². The van der Waals surface area contributed by atoms with E-state index in [-0.39, 0.29) is 11.3 Å². The second-order valence-corrected chi connectivity index (χ2v) is 4.90. The van der Waals surface area contributed by atoms with E-state index in [4.69, 9.17) is 5.11 Å². The molecule has 17 heavy (non-hydrogen) atoms. The Hall–Kier alpha value is -1.65. The van der Waals surface area contributed by atoms with E-state index in [1.807, 2.05) is 13.8 Å². The molecule has 0 saturated heterocycles. The summed E-state index contributed by atoms with van der Waals surface area (Å²) in [5.41, 5.74) is -1.50. The summed E-state index contributed by atoms with van der Waals surface area (Å²) in [5.74, 6) is -1.77. The molecule has 0 aromatic rings. The Morgan fingerprint density at radius 2 is 2.12 bits per heavy atom. The number of aliphatic imine (C=N–C) groups is 1. The number of hydrogen-bond acceptors (Lipinski definition) is 3. The Kier molecular flexibility index (Phi) is 3.70. The van der Waals surface area contributed by atoms with Crippen molar-refractivity contribution in [3.63, 3.8) is 0 Å². The molecule has 1 aliphatic heterocycles. The lowest BCUT2D eigenvalue weighted by molar-refractivity contribution is -0.132. The maximum absolute atomic E-state index is 11.7. The number of carbonyl (C=O) groups excluding carboxylic acids is 1. The van der Waals surface area contributed by atoms with Gasteiger partial charge < -0.3 is 10.2 Å². The molecule has 0 aromatic carbocycles. The fourth-order valence-corrected chi connectivity index (χ4v) is 1.68. The first kappa shape index (κ1) is 13.4. The van der Waals surface area contributed by atoms with E-state index in [1.165, 1.54) is 6.92 Å². The number of aliphatic hydroxyl groups is 1. The standard InChI is InChI=1S/C12H17NO4/c1-7(2)4-5-12(3)9(14)8(10(15)16)6-13-11(12)17/h6-7,14H,4-5H2,1-3H3,(H,15,16). The van der Waals surface area contributed by atoms with E-state index in [1.54, 1.807) is 0 Å². The molecule has 1 rings (SSSR count). The molecule has 0 bridgehead atoms. The van der Waals surface area contributed by atoms with Gasteiger partial charge in [-0.3, -0.25) is 4.79 Å². The van der Waals surface area contributed by atoms with Gasteiger partial charge in [0.05, 0.1) is 0 Å². The topological polar surface area (TPSA) is 87.0 Å². The van der Waals surface area contributed by atoms with E-state index in [0.717, 1.165) is 6.21 Å². The van der Waals surface area contributed by atoms with Crippen molar-refractivity contribution >= 4 is 18.1 Å². The van der Waals surface area contributed by atoms with Crippen molar-refractivity contribution < 1.29 is 19.8 Å². The minimum absolute atomic E-state index is 0.296. The predicted molar refractivity (Wildman–Crippen MR) is 63.0 cm³/mol. The molecular formula is C12H17NO4. The van der Waals surface area contributed by atoms with E-state index >= 15 is 0 Å². The largest absolute Gasteiger partial charge is 0.510 e. The Morgan fingerprint density at radius 3 is 2.59 bits per heavy atom. The zero-order valence-corrected chi connectivity index (χ0v) is 10.2. The molecule has 0 aromatic heterocycles. The molecule has 1 amide bonds. The molecule has 1 aliphatic rings. The van der Waals surface area contributed by atoms with Gasteiger partial charge in [-0.2, -0.15) is 0 Å². The highest BCUT2D eigenvalue weighted by molar-refractivity contribution is 6.15. The van der Waals surface area contributed by atoms with E-state index in [2.05, 4.69) is 4.99 Å². The highest BCUT2D eigenvalue weighted by atomic mass is 16.4. The zero-order valence-electron chi connectivity index (χ0n) is 10.2. The van der Waals surface area contributed by atoms with Crippen LogP contribution in [-0.4, -0.2) is 28.3 Å². The third-order valence-electron chi connectivity index (χ3n) is 3.01. The molecule has 5 nitrogen and oxygen atoms in total. The van der Waals surface area contributed by atoms with E-state index in [0.29, 0.717) is 18.8 Å². The molecule has 2 N–H and O–H groups in total. The normalized spacial score (nSPS) is 24.6. The number of carbonyl (C=O) groups is 2. The first-order valence-electron chi connectivity index (χ1n) is 5.54. The highest BCUT2D eigenvalue weighted by Crippen LogP contribution is 2.37. The molecule has 1 unspecified atom stereocenters. The SMILES string of the molecule is CC(C)CCC1(C)C(=O)N=CC(C(=O)O)=C1O. The van der Waals surface area contributed by atoms with E-state index < -0.39 is 17.3 Å². The van der Waals surface area contributed by atoms with Crippen molar-refractivity contribution in [3.8, 4) is 0 Å². The quantitative estimate of drug-likeness (QED) is 0.784. The van der Waals surface area contributed by atoms with Crippen LogP contribution in [0.2, 0.25) is 0 Å². The molecule has 0 aliphatic carbocycles. The number of nitrogens with zero attached hydrogens (tertiary/aromatic N) is 1. The van der Waals surface area contributed by atoms with Gasteiger partial charge in [-0.25, -0.2) is 9.79 Å². The number of rotatable bonds is 4. The van der Waals surface area contributed by atoms with Crippen LogP contribution in [0.5, 0.6) is 0 Å². The van der Waals surface area contributed by atoms with Gasteiger partial charge in [-0.15, -0.1) is 0 Å². The van der Waals surface area contributed by atoms with Crippen molar-refractivity contribution in [2.24, 2.45) is 16.3 Å². The third kappa shape index (κ3) is 2.54. The van der Waals surface area contributed by atoms with Gasteiger partial charge >= 0.3 is 5.97 Å². The molecule has 0 saturated carbocycles. The molecule has 0 fully saturated rings. The van der Waals surface area contributed by atoms with Gasteiger partial charge in [-0.1, -0.05) is 13.8 Å². The molecule has 5 heteroatoms. The van der Waals surface area contributed by atoms with Gasteiger partial charge in [-0.05, 0) is 25.7 Å². The maximum atomic E-state index is 11.7. The van der Waals surface area contributed by atoms with Crippen molar-refractivity contribution in [1.82, 2.24) is 0 Å². The summed E-state index contributed by atoms with van der Waals surface area (Å²) >= 11 is 0. The highest BCUT2D eigenvalue weighted by Gasteiger charge is 2.42. The second kappa shape index (κ2) is 4.69. The summed E-state index contributed by atoms with van der Waals surface area (Å²) in [6, 6.07) is 0. The van der Waals surface area contributed by atoms with Crippen LogP contribution in [0, 0.1) is 11.3 Å². The van der Waals surface area contributed by atoms with Crippen molar-refractivity contribution in [3.05, 3.63) is 11.3 Å². The monoisotopic (exact) mass is 239 g/mol. The van der Waals surface area contributed by atoms with Crippen LogP contribution in [0.3, 0.4) is 0 Å². The third-order valence-corrected chi connectivity index (χ3v) is 3.01. The van der Waals surface area contributed by atoms with Gasteiger partial charge in [0.2, 0.25) is 0 Å². The van der Waals surface area contributed by atoms with Gasteiger partial charge in [0.15, 0.2) is 0 Å². The molecule has 94 valence electrons. The van der Waals surface area contributed by atoms with E-state index in [9.17, 15) is 14.7 Å². The van der Waals surface area contributed by atoms with Gasteiger partial charge in [0.25, 0.3) is 5.91 Å². The number of dihydropyridines is 1. The molecule has 1 heterocycles. The fraction of sp³-hybridized carbons (Fsp3) is 0.583. The molecular weight excluding hydrogens is 222 g/mol. The maximum Gasteiger partial charge on any atom is 0.340 e. The molecule has 0 radical (unpaired) electrons. The van der Waals surface area contributed by atoms with Crippen molar-refractivity contribution in [1.29, 1.82) is 0 Å². The Bertz CT molecular complexity index is 409. The summed E-state index contributed by atoms with van der Waals surface area (Å²) < 4.78 is 0. The first-order valence-corrected chi connectivity index (χ1v) is 5.54.